The summed E-state index contributed by atoms with van der Waals surface area (Å²) in [4.78, 5) is 11.7. The molecule has 0 aliphatic carbocycles. The van der Waals surface area contributed by atoms with Gasteiger partial charge in [-0.15, -0.1) is 0 Å². The number of benzene rings is 1. The third-order valence-electron chi connectivity index (χ3n) is 2.67. The topological polar surface area (TPSA) is 41.1 Å². The van der Waals surface area contributed by atoms with Gasteiger partial charge in [0.15, 0.2) is 0 Å². The molecule has 0 aliphatic rings. The van der Waals surface area contributed by atoms with Gasteiger partial charge in [0.25, 0.3) is 0 Å². The van der Waals surface area contributed by atoms with Crippen LogP contribution in [-0.2, 0) is 11.3 Å². The van der Waals surface area contributed by atoms with E-state index in [0.29, 0.717) is 19.0 Å². The van der Waals surface area contributed by atoms with E-state index in [1.165, 1.54) is 12.1 Å². The largest absolute Gasteiger partial charge is 0.354 e. The van der Waals surface area contributed by atoms with Crippen LogP contribution in [0.5, 0.6) is 0 Å². The Bertz CT molecular complexity index is 437. The molecule has 0 saturated heterocycles. The lowest BCUT2D eigenvalue weighted by molar-refractivity contribution is -0.122. The maximum Gasteiger partial charge on any atom is 0.236 e. The fourth-order valence-corrected chi connectivity index (χ4v) is 1.59. The number of rotatable bonds is 6. The lowest BCUT2D eigenvalue weighted by atomic mass is 10.2. The Morgan fingerprint density at radius 3 is 2.63 bits per heavy atom. The molecule has 0 radical (unpaired) electrons. The van der Waals surface area contributed by atoms with E-state index in [-0.39, 0.29) is 17.0 Å². The molecule has 1 aromatic carbocycles. The predicted octanol–water partition coefficient (Wildman–Crippen LogP) is 2.73. The Labute approximate surface area is 118 Å². The van der Waals surface area contributed by atoms with Gasteiger partial charge in [0.05, 0.1) is 11.1 Å². The first-order valence-corrected chi connectivity index (χ1v) is 6.73. The molecule has 1 amide bonds. The van der Waals surface area contributed by atoms with E-state index in [1.807, 2.05) is 13.8 Å². The number of nitrogens with one attached hydrogen (secondary N) is 2. The molecule has 1 unspecified atom stereocenters. The van der Waals surface area contributed by atoms with Crippen LogP contribution >= 0.6 is 11.6 Å². The molecule has 1 aromatic rings. The van der Waals surface area contributed by atoms with Gasteiger partial charge in [-0.25, -0.2) is 4.39 Å². The van der Waals surface area contributed by atoms with E-state index in [2.05, 4.69) is 10.6 Å². The van der Waals surface area contributed by atoms with Gasteiger partial charge >= 0.3 is 0 Å². The number of halogens is 2. The zero-order chi connectivity index (χ0) is 14.4. The molecule has 0 spiro atoms. The normalized spacial score (nSPS) is 12.5. The number of carbonyl (C=O) groups is 1. The minimum absolute atomic E-state index is 0.0527. The summed E-state index contributed by atoms with van der Waals surface area (Å²) < 4.78 is 13.2. The molecule has 0 fully saturated rings. The van der Waals surface area contributed by atoms with Gasteiger partial charge < -0.3 is 10.6 Å². The quantitative estimate of drug-likeness (QED) is 0.844. The Morgan fingerprint density at radius 2 is 2.05 bits per heavy atom. The summed E-state index contributed by atoms with van der Waals surface area (Å²) in [7, 11) is 0. The lowest BCUT2D eigenvalue weighted by Crippen LogP contribution is -2.42. The van der Waals surface area contributed by atoms with E-state index in [1.54, 1.807) is 13.0 Å². The lowest BCUT2D eigenvalue weighted by Gasteiger charge is -2.15. The smallest absolute Gasteiger partial charge is 0.236 e. The number of carbonyl (C=O) groups excluding carboxylic acids is 1. The summed E-state index contributed by atoms with van der Waals surface area (Å²) in [6, 6.07) is 4.29. The summed E-state index contributed by atoms with van der Waals surface area (Å²) in [6.45, 7) is 6.93. The van der Waals surface area contributed by atoms with Crippen LogP contribution in [0.25, 0.3) is 0 Å². The Kier molecular flexibility index (Phi) is 6.25. The Morgan fingerprint density at radius 1 is 1.37 bits per heavy atom. The molecule has 3 nitrogen and oxygen atoms in total. The van der Waals surface area contributed by atoms with E-state index >= 15 is 0 Å². The van der Waals surface area contributed by atoms with E-state index in [0.717, 1.165) is 5.56 Å². The van der Waals surface area contributed by atoms with Gasteiger partial charge in [-0.05, 0) is 30.5 Å². The highest BCUT2D eigenvalue weighted by Gasteiger charge is 2.12. The second kappa shape index (κ2) is 7.46. The van der Waals surface area contributed by atoms with Gasteiger partial charge in [-0.3, -0.25) is 4.79 Å². The van der Waals surface area contributed by atoms with Gasteiger partial charge in [0.2, 0.25) is 5.91 Å². The Hall–Kier alpha value is -1.13. The van der Waals surface area contributed by atoms with Crippen molar-refractivity contribution in [3.05, 3.63) is 34.6 Å². The SMILES string of the molecule is CC(C)CNC(=O)C(C)NCc1ccc(Cl)c(F)c1. The van der Waals surface area contributed by atoms with E-state index in [4.69, 9.17) is 11.6 Å². The third kappa shape index (κ3) is 5.57. The average Bonchev–Trinajstić information content (AvgIpc) is 2.36. The van der Waals surface area contributed by atoms with Crippen molar-refractivity contribution in [1.82, 2.24) is 10.6 Å². The van der Waals surface area contributed by atoms with Crippen molar-refractivity contribution >= 4 is 17.5 Å². The zero-order valence-corrected chi connectivity index (χ0v) is 12.2. The van der Waals surface area contributed by atoms with Crippen LogP contribution in [0.2, 0.25) is 5.02 Å². The molecule has 2 N–H and O–H groups in total. The monoisotopic (exact) mass is 286 g/mol. The molecule has 0 saturated carbocycles. The first-order chi connectivity index (χ1) is 8.90. The number of hydrogen-bond donors (Lipinski definition) is 2. The molecule has 0 aliphatic heterocycles. The predicted molar refractivity (Wildman–Crippen MR) is 75.6 cm³/mol. The van der Waals surface area contributed by atoms with Gasteiger partial charge in [-0.2, -0.15) is 0 Å². The number of hydrogen-bond acceptors (Lipinski definition) is 2. The summed E-state index contributed by atoms with van der Waals surface area (Å²) in [6.07, 6.45) is 0. The highest BCUT2D eigenvalue weighted by Crippen LogP contribution is 2.15. The number of amides is 1. The molecule has 0 bridgehead atoms. The van der Waals surface area contributed by atoms with Crippen molar-refractivity contribution in [2.45, 2.75) is 33.4 Å². The van der Waals surface area contributed by atoms with Crippen molar-refractivity contribution < 1.29 is 9.18 Å². The van der Waals surface area contributed by atoms with Crippen molar-refractivity contribution in [1.29, 1.82) is 0 Å². The van der Waals surface area contributed by atoms with Crippen LogP contribution in [0.1, 0.15) is 26.3 Å². The fourth-order valence-electron chi connectivity index (χ4n) is 1.47. The zero-order valence-electron chi connectivity index (χ0n) is 11.5. The molecule has 0 aromatic heterocycles. The van der Waals surface area contributed by atoms with Crippen LogP contribution < -0.4 is 10.6 Å². The van der Waals surface area contributed by atoms with Crippen LogP contribution in [0.3, 0.4) is 0 Å². The van der Waals surface area contributed by atoms with Gasteiger partial charge in [0.1, 0.15) is 5.82 Å². The van der Waals surface area contributed by atoms with Crippen LogP contribution in [0.15, 0.2) is 18.2 Å². The molecule has 1 atom stereocenters. The first-order valence-electron chi connectivity index (χ1n) is 6.35. The van der Waals surface area contributed by atoms with Crippen LogP contribution in [0, 0.1) is 11.7 Å². The van der Waals surface area contributed by atoms with Crippen LogP contribution in [0.4, 0.5) is 4.39 Å². The van der Waals surface area contributed by atoms with Gasteiger partial charge in [-0.1, -0.05) is 31.5 Å². The second-order valence-corrected chi connectivity index (χ2v) is 5.40. The van der Waals surface area contributed by atoms with Crippen molar-refractivity contribution in [2.24, 2.45) is 5.92 Å². The van der Waals surface area contributed by atoms with E-state index in [9.17, 15) is 9.18 Å². The maximum absolute atomic E-state index is 13.2. The summed E-state index contributed by atoms with van der Waals surface area (Å²) in [5, 5.41) is 5.99. The second-order valence-electron chi connectivity index (χ2n) is 4.99. The summed E-state index contributed by atoms with van der Waals surface area (Å²) >= 11 is 5.61. The maximum atomic E-state index is 13.2. The third-order valence-corrected chi connectivity index (χ3v) is 2.98. The molecule has 106 valence electrons. The highest BCUT2D eigenvalue weighted by molar-refractivity contribution is 6.30. The van der Waals surface area contributed by atoms with Gasteiger partial charge in [0, 0.05) is 13.1 Å². The minimum Gasteiger partial charge on any atom is -0.354 e. The van der Waals surface area contributed by atoms with Crippen molar-refractivity contribution in [3.63, 3.8) is 0 Å². The van der Waals surface area contributed by atoms with Crippen molar-refractivity contribution in [3.8, 4) is 0 Å². The molecule has 19 heavy (non-hydrogen) atoms. The molecular weight excluding hydrogens is 267 g/mol. The van der Waals surface area contributed by atoms with E-state index < -0.39 is 5.82 Å². The molecule has 1 rings (SSSR count). The Balaban J connectivity index is 2.42. The summed E-state index contributed by atoms with van der Waals surface area (Å²) in [5.41, 5.74) is 0.755. The standard InChI is InChI=1S/C14H20ClFN2O/c1-9(2)7-18-14(19)10(3)17-8-11-4-5-12(15)13(16)6-11/h4-6,9-10,17H,7-8H2,1-3H3,(H,18,19). The highest BCUT2D eigenvalue weighted by atomic mass is 35.5. The molecule has 0 heterocycles. The minimum atomic E-state index is -0.446. The molecular formula is C14H20ClFN2O. The van der Waals surface area contributed by atoms with Crippen molar-refractivity contribution in [2.75, 3.05) is 6.54 Å². The van der Waals surface area contributed by atoms with Crippen LogP contribution in [-0.4, -0.2) is 18.5 Å². The average molecular weight is 287 g/mol. The summed E-state index contributed by atoms with van der Waals surface area (Å²) in [5.74, 6) is -0.0810. The first kappa shape index (κ1) is 15.9. The fraction of sp³-hybridized carbons (Fsp3) is 0.500. The molecule has 5 heteroatoms.